The molecule has 0 unspecified atom stereocenters. The first-order chi connectivity index (χ1) is 14.4. The zero-order valence-electron chi connectivity index (χ0n) is 17.5. The second-order valence-corrected chi connectivity index (χ2v) is 9.16. The summed E-state index contributed by atoms with van der Waals surface area (Å²) in [5.74, 6) is 1.66. The molecule has 1 saturated heterocycles. The summed E-state index contributed by atoms with van der Waals surface area (Å²) in [4.78, 5) is 15.4. The lowest BCUT2D eigenvalue weighted by molar-refractivity contribution is -0.118. The Bertz CT molecular complexity index is 927. The first kappa shape index (κ1) is 22.8. The quantitative estimate of drug-likeness (QED) is 0.413. The van der Waals surface area contributed by atoms with Gasteiger partial charge in [0.25, 0.3) is 5.91 Å². The number of carbonyl (C=O) groups is 1. The number of rotatable bonds is 6. The van der Waals surface area contributed by atoms with Gasteiger partial charge in [-0.1, -0.05) is 37.3 Å². The summed E-state index contributed by atoms with van der Waals surface area (Å²) in [5.41, 5.74) is 2.73. The lowest BCUT2D eigenvalue weighted by atomic mass is 9.99. The van der Waals surface area contributed by atoms with Gasteiger partial charge >= 0.3 is 0 Å². The monoisotopic (exact) mass is 538 g/mol. The Morgan fingerprint density at radius 1 is 1.27 bits per heavy atom. The predicted molar refractivity (Wildman–Crippen MR) is 133 cm³/mol. The highest BCUT2D eigenvalue weighted by Gasteiger charge is 2.21. The number of aryl methyl sites for hydroxylation is 1. The summed E-state index contributed by atoms with van der Waals surface area (Å²) >= 11 is 7.95. The number of halogens is 1. The van der Waals surface area contributed by atoms with Gasteiger partial charge in [0.15, 0.2) is 18.1 Å². The van der Waals surface area contributed by atoms with E-state index < -0.39 is 0 Å². The smallest absolute Gasteiger partial charge is 0.262 e. The Labute approximate surface area is 197 Å². The SMILES string of the molecule is COc1cc(C(=S)N2CCC(C)CC2)cc(I)c1OCC(=O)Nc1ccccc1C. The number of nitrogens with one attached hydrogen (secondary N) is 1. The van der Waals surface area contributed by atoms with Crippen molar-refractivity contribution in [2.45, 2.75) is 26.7 Å². The van der Waals surface area contributed by atoms with Gasteiger partial charge in [-0.15, -0.1) is 0 Å². The number of likely N-dealkylation sites (tertiary alicyclic amines) is 1. The van der Waals surface area contributed by atoms with E-state index in [1.807, 2.05) is 43.3 Å². The Hall–Kier alpha value is -1.87. The topological polar surface area (TPSA) is 50.8 Å². The van der Waals surface area contributed by atoms with Gasteiger partial charge in [-0.3, -0.25) is 4.79 Å². The van der Waals surface area contributed by atoms with Gasteiger partial charge in [0.1, 0.15) is 4.99 Å². The standard InChI is InChI=1S/C23H27IN2O3S/c1-15-8-10-26(11-9-15)23(30)17-12-18(24)22(20(13-17)28-3)29-14-21(27)25-19-7-5-4-6-16(19)2/h4-7,12-13,15H,8-11,14H2,1-3H3,(H,25,27). The fourth-order valence-electron chi connectivity index (χ4n) is 3.41. The van der Waals surface area contributed by atoms with Crippen LogP contribution in [0.15, 0.2) is 36.4 Å². The summed E-state index contributed by atoms with van der Waals surface area (Å²) in [7, 11) is 1.60. The summed E-state index contributed by atoms with van der Waals surface area (Å²) in [5, 5.41) is 2.88. The third-order valence-corrected chi connectivity index (χ3v) is 6.61. The lowest BCUT2D eigenvalue weighted by Gasteiger charge is -2.32. The number of benzene rings is 2. The maximum atomic E-state index is 12.4. The zero-order valence-corrected chi connectivity index (χ0v) is 20.5. The highest BCUT2D eigenvalue weighted by Crippen LogP contribution is 2.35. The van der Waals surface area contributed by atoms with Gasteiger partial charge in [-0.2, -0.15) is 0 Å². The first-order valence-electron chi connectivity index (χ1n) is 10.0. The van der Waals surface area contributed by atoms with E-state index in [0.717, 1.165) is 57.2 Å². The van der Waals surface area contributed by atoms with Crippen molar-refractivity contribution in [2.24, 2.45) is 5.92 Å². The van der Waals surface area contributed by atoms with E-state index in [4.69, 9.17) is 21.7 Å². The molecule has 0 aromatic heterocycles. The van der Waals surface area contributed by atoms with Crippen molar-refractivity contribution < 1.29 is 14.3 Å². The third kappa shape index (κ3) is 5.63. The predicted octanol–water partition coefficient (Wildman–Crippen LogP) is 5.03. The molecule has 5 nitrogen and oxygen atoms in total. The molecule has 0 spiro atoms. The number of thiocarbonyl (C=S) groups is 1. The van der Waals surface area contributed by atoms with E-state index in [1.54, 1.807) is 7.11 Å². The molecular weight excluding hydrogens is 511 g/mol. The summed E-state index contributed by atoms with van der Waals surface area (Å²) in [6.45, 7) is 6.10. The fraction of sp³-hybridized carbons (Fsp3) is 0.391. The second-order valence-electron chi connectivity index (χ2n) is 7.62. The van der Waals surface area contributed by atoms with Crippen LogP contribution in [0.5, 0.6) is 11.5 Å². The van der Waals surface area contributed by atoms with Crippen LogP contribution in [0.3, 0.4) is 0 Å². The molecule has 2 aromatic rings. The van der Waals surface area contributed by atoms with Gasteiger partial charge in [0.2, 0.25) is 0 Å². The molecule has 0 radical (unpaired) electrons. The van der Waals surface area contributed by atoms with Crippen LogP contribution in [0.2, 0.25) is 0 Å². The summed E-state index contributed by atoms with van der Waals surface area (Å²) < 4.78 is 12.2. The van der Waals surface area contributed by atoms with Crippen molar-refractivity contribution in [1.82, 2.24) is 4.90 Å². The van der Waals surface area contributed by atoms with Crippen molar-refractivity contribution in [3.8, 4) is 11.5 Å². The van der Waals surface area contributed by atoms with Crippen LogP contribution >= 0.6 is 34.8 Å². The van der Waals surface area contributed by atoms with E-state index in [1.165, 1.54) is 0 Å². The molecule has 0 aliphatic carbocycles. The Morgan fingerprint density at radius 3 is 2.63 bits per heavy atom. The van der Waals surface area contributed by atoms with E-state index in [2.05, 4.69) is 39.7 Å². The fourth-order valence-corrected chi connectivity index (χ4v) is 4.47. The number of carbonyl (C=O) groups excluding carboxylic acids is 1. The van der Waals surface area contributed by atoms with Gasteiger partial charge < -0.3 is 19.7 Å². The molecule has 160 valence electrons. The number of anilines is 1. The second kappa shape index (κ2) is 10.4. The number of para-hydroxylation sites is 1. The van der Waals surface area contributed by atoms with Crippen molar-refractivity contribution >= 4 is 51.4 Å². The molecule has 30 heavy (non-hydrogen) atoms. The minimum absolute atomic E-state index is 0.103. The minimum Gasteiger partial charge on any atom is -0.493 e. The number of amides is 1. The van der Waals surface area contributed by atoms with E-state index in [0.29, 0.717) is 11.5 Å². The molecule has 1 N–H and O–H groups in total. The molecule has 1 fully saturated rings. The number of hydrogen-bond donors (Lipinski definition) is 1. The molecule has 2 aromatic carbocycles. The van der Waals surface area contributed by atoms with E-state index in [9.17, 15) is 4.79 Å². The minimum atomic E-state index is -0.218. The van der Waals surface area contributed by atoms with Crippen LogP contribution in [0, 0.1) is 16.4 Å². The van der Waals surface area contributed by atoms with Crippen molar-refractivity contribution in [3.63, 3.8) is 0 Å². The van der Waals surface area contributed by atoms with Crippen molar-refractivity contribution in [3.05, 3.63) is 51.1 Å². The van der Waals surface area contributed by atoms with E-state index in [-0.39, 0.29) is 12.5 Å². The highest BCUT2D eigenvalue weighted by molar-refractivity contribution is 14.1. The molecule has 1 aliphatic heterocycles. The number of nitrogens with zero attached hydrogens (tertiary/aromatic N) is 1. The molecule has 0 atom stereocenters. The summed E-state index contributed by atoms with van der Waals surface area (Å²) in [6.07, 6.45) is 2.32. The average Bonchev–Trinajstić information content (AvgIpc) is 2.74. The highest BCUT2D eigenvalue weighted by atomic mass is 127. The third-order valence-electron chi connectivity index (χ3n) is 5.31. The Kier molecular flexibility index (Phi) is 7.93. The van der Waals surface area contributed by atoms with E-state index >= 15 is 0 Å². The van der Waals surface area contributed by atoms with Gasteiger partial charge in [-0.25, -0.2) is 0 Å². The number of piperidine rings is 1. The molecular formula is C23H27IN2O3S. The molecule has 7 heteroatoms. The van der Waals surface area contributed by atoms with Crippen LogP contribution in [0.1, 0.15) is 30.9 Å². The van der Waals surface area contributed by atoms with Crippen LogP contribution in [-0.4, -0.2) is 42.6 Å². The van der Waals surface area contributed by atoms with Crippen LogP contribution in [0.25, 0.3) is 0 Å². The van der Waals surface area contributed by atoms with Crippen molar-refractivity contribution in [1.29, 1.82) is 0 Å². The van der Waals surface area contributed by atoms with Crippen LogP contribution in [0.4, 0.5) is 5.69 Å². The Morgan fingerprint density at radius 2 is 1.97 bits per heavy atom. The van der Waals surface area contributed by atoms with Crippen LogP contribution < -0.4 is 14.8 Å². The summed E-state index contributed by atoms with van der Waals surface area (Å²) in [6, 6.07) is 11.5. The van der Waals surface area contributed by atoms with Gasteiger partial charge in [0, 0.05) is 24.3 Å². The first-order valence-corrected chi connectivity index (χ1v) is 11.5. The van der Waals surface area contributed by atoms with Gasteiger partial charge in [0.05, 0.1) is 10.7 Å². The molecule has 1 heterocycles. The molecule has 1 amide bonds. The normalized spacial score (nSPS) is 14.3. The van der Waals surface area contributed by atoms with Gasteiger partial charge in [-0.05, 0) is 72.0 Å². The molecule has 1 aliphatic rings. The molecule has 3 rings (SSSR count). The lowest BCUT2D eigenvalue weighted by Crippen LogP contribution is -2.37. The zero-order chi connectivity index (χ0) is 21.7. The number of ether oxygens (including phenoxy) is 2. The largest absolute Gasteiger partial charge is 0.493 e. The number of hydrogen-bond acceptors (Lipinski definition) is 4. The number of methoxy groups -OCH3 is 1. The molecule has 0 bridgehead atoms. The average molecular weight is 538 g/mol. The van der Waals surface area contributed by atoms with Crippen LogP contribution in [-0.2, 0) is 4.79 Å². The van der Waals surface area contributed by atoms with Crippen molar-refractivity contribution in [2.75, 3.05) is 32.1 Å². The molecule has 0 saturated carbocycles. The maximum absolute atomic E-state index is 12.4. The Balaban J connectivity index is 1.69. The maximum Gasteiger partial charge on any atom is 0.262 e.